The molecule has 0 heterocycles. The van der Waals surface area contributed by atoms with Gasteiger partial charge in [0.1, 0.15) is 0 Å². The first-order chi connectivity index (χ1) is 9.77. The maximum atomic E-state index is 12.3. The summed E-state index contributed by atoms with van der Waals surface area (Å²) in [5, 5.41) is 0. The van der Waals surface area contributed by atoms with Gasteiger partial charge in [-0.1, -0.05) is 26.7 Å². The standard InChI is InChI=1S/C14H28N2O4S/c1-11(2)12-7-5-6-8-13(12)15-21(18,19)16(3)10-9-14(17)20-4/h11-13,15H,5-10H2,1-4H3. The van der Waals surface area contributed by atoms with Crippen molar-refractivity contribution in [3.05, 3.63) is 0 Å². The molecule has 0 saturated heterocycles. The minimum atomic E-state index is -3.55. The van der Waals surface area contributed by atoms with Gasteiger partial charge >= 0.3 is 5.97 Å². The fraction of sp³-hybridized carbons (Fsp3) is 0.929. The number of nitrogens with zero attached hydrogens (tertiary/aromatic N) is 1. The number of esters is 1. The molecule has 21 heavy (non-hydrogen) atoms. The molecular weight excluding hydrogens is 292 g/mol. The highest BCUT2D eigenvalue weighted by molar-refractivity contribution is 7.87. The molecule has 0 aromatic rings. The summed E-state index contributed by atoms with van der Waals surface area (Å²) in [5.41, 5.74) is 0. The van der Waals surface area contributed by atoms with Crippen molar-refractivity contribution in [1.29, 1.82) is 0 Å². The Morgan fingerprint density at radius 3 is 2.52 bits per heavy atom. The lowest BCUT2D eigenvalue weighted by atomic mass is 9.78. The molecule has 1 N–H and O–H groups in total. The monoisotopic (exact) mass is 320 g/mol. The van der Waals surface area contributed by atoms with Crippen LogP contribution < -0.4 is 4.72 Å². The summed E-state index contributed by atoms with van der Waals surface area (Å²) in [5.74, 6) is 0.427. The van der Waals surface area contributed by atoms with E-state index in [0.717, 1.165) is 19.3 Å². The van der Waals surface area contributed by atoms with Gasteiger partial charge < -0.3 is 4.74 Å². The van der Waals surface area contributed by atoms with Crippen molar-refractivity contribution in [2.45, 2.75) is 52.0 Å². The molecule has 0 aromatic heterocycles. The Labute approximate surface area is 128 Å². The molecule has 0 spiro atoms. The average molecular weight is 320 g/mol. The summed E-state index contributed by atoms with van der Waals surface area (Å²) in [6.07, 6.45) is 4.23. The van der Waals surface area contributed by atoms with Crippen LogP contribution in [-0.2, 0) is 19.7 Å². The molecular formula is C14H28N2O4S. The van der Waals surface area contributed by atoms with E-state index in [2.05, 4.69) is 23.3 Å². The highest BCUT2D eigenvalue weighted by atomic mass is 32.2. The van der Waals surface area contributed by atoms with Gasteiger partial charge in [0.25, 0.3) is 10.2 Å². The largest absolute Gasteiger partial charge is 0.469 e. The highest BCUT2D eigenvalue weighted by Crippen LogP contribution is 2.30. The number of hydrogen-bond acceptors (Lipinski definition) is 4. The number of methoxy groups -OCH3 is 1. The molecule has 0 aliphatic heterocycles. The Balaban J connectivity index is 2.63. The predicted octanol–water partition coefficient (Wildman–Crippen LogP) is 1.53. The maximum Gasteiger partial charge on any atom is 0.306 e. The lowest BCUT2D eigenvalue weighted by Gasteiger charge is -2.35. The number of carbonyl (C=O) groups excluding carboxylic acids is 1. The molecule has 2 atom stereocenters. The average Bonchev–Trinajstić information content (AvgIpc) is 2.44. The van der Waals surface area contributed by atoms with Crippen LogP contribution in [-0.4, -0.2) is 45.4 Å². The highest BCUT2D eigenvalue weighted by Gasteiger charge is 2.32. The normalized spacial score (nSPS) is 23.5. The van der Waals surface area contributed by atoms with E-state index in [4.69, 9.17) is 0 Å². The van der Waals surface area contributed by atoms with Crippen molar-refractivity contribution in [2.24, 2.45) is 11.8 Å². The second kappa shape index (κ2) is 8.10. The van der Waals surface area contributed by atoms with Gasteiger partial charge in [-0.15, -0.1) is 0 Å². The Bertz CT molecular complexity index is 436. The third-order valence-electron chi connectivity index (χ3n) is 4.24. The van der Waals surface area contributed by atoms with Gasteiger partial charge in [0.15, 0.2) is 0 Å². The van der Waals surface area contributed by atoms with Crippen molar-refractivity contribution in [3.8, 4) is 0 Å². The molecule has 0 bridgehead atoms. The van der Waals surface area contributed by atoms with Crippen LogP contribution in [0.25, 0.3) is 0 Å². The van der Waals surface area contributed by atoms with Crippen LogP contribution in [0, 0.1) is 11.8 Å². The Hall–Kier alpha value is -0.660. The molecule has 1 aliphatic carbocycles. The van der Waals surface area contributed by atoms with Gasteiger partial charge in [-0.2, -0.15) is 17.4 Å². The smallest absolute Gasteiger partial charge is 0.306 e. The van der Waals surface area contributed by atoms with E-state index >= 15 is 0 Å². The SMILES string of the molecule is COC(=O)CCN(C)S(=O)(=O)NC1CCCCC1C(C)C. The molecule has 7 heteroatoms. The number of nitrogens with one attached hydrogen (secondary N) is 1. The minimum absolute atomic E-state index is 0.00988. The summed E-state index contributed by atoms with van der Waals surface area (Å²) < 4.78 is 33.2. The Morgan fingerprint density at radius 1 is 1.33 bits per heavy atom. The summed E-state index contributed by atoms with van der Waals surface area (Å²) >= 11 is 0. The number of carbonyl (C=O) groups is 1. The molecule has 124 valence electrons. The van der Waals surface area contributed by atoms with Crippen LogP contribution >= 0.6 is 0 Å². The third kappa shape index (κ3) is 5.56. The fourth-order valence-corrected chi connectivity index (χ4v) is 4.04. The van der Waals surface area contributed by atoms with Crippen molar-refractivity contribution in [3.63, 3.8) is 0 Å². The maximum absolute atomic E-state index is 12.3. The summed E-state index contributed by atoms with van der Waals surface area (Å²) in [7, 11) is -0.774. The van der Waals surface area contributed by atoms with Crippen LogP contribution in [0.15, 0.2) is 0 Å². The number of hydrogen-bond donors (Lipinski definition) is 1. The van der Waals surface area contributed by atoms with Gasteiger partial charge in [-0.25, -0.2) is 0 Å². The molecule has 0 amide bonds. The summed E-state index contributed by atoms with van der Waals surface area (Å²) in [6.45, 7) is 4.40. The molecule has 1 aliphatic rings. The van der Waals surface area contributed by atoms with E-state index in [9.17, 15) is 13.2 Å². The lowest BCUT2D eigenvalue weighted by molar-refractivity contribution is -0.140. The second-order valence-corrected chi connectivity index (χ2v) is 7.88. The van der Waals surface area contributed by atoms with E-state index in [0.29, 0.717) is 11.8 Å². The first-order valence-corrected chi connectivity index (χ1v) is 9.02. The zero-order chi connectivity index (χ0) is 16.0. The molecule has 0 radical (unpaired) electrons. The van der Waals surface area contributed by atoms with Crippen molar-refractivity contribution >= 4 is 16.2 Å². The van der Waals surface area contributed by atoms with Gasteiger partial charge in [-0.05, 0) is 24.7 Å². The van der Waals surface area contributed by atoms with Gasteiger partial charge in [0.2, 0.25) is 0 Å². The molecule has 2 unspecified atom stereocenters. The number of rotatable bonds is 7. The van der Waals surface area contributed by atoms with Gasteiger partial charge in [0, 0.05) is 19.6 Å². The first-order valence-electron chi connectivity index (χ1n) is 7.58. The quantitative estimate of drug-likeness (QED) is 0.722. The van der Waals surface area contributed by atoms with Crippen LogP contribution in [0.1, 0.15) is 46.0 Å². The topological polar surface area (TPSA) is 75.7 Å². The van der Waals surface area contributed by atoms with Gasteiger partial charge in [0.05, 0.1) is 13.5 Å². The molecule has 6 nitrogen and oxygen atoms in total. The zero-order valence-electron chi connectivity index (χ0n) is 13.5. The van der Waals surface area contributed by atoms with Crippen LogP contribution in [0.4, 0.5) is 0 Å². The number of ether oxygens (including phenoxy) is 1. The molecule has 1 rings (SSSR count). The molecule has 0 aromatic carbocycles. The second-order valence-electron chi connectivity index (χ2n) is 6.07. The third-order valence-corrected chi connectivity index (χ3v) is 5.85. The summed E-state index contributed by atoms with van der Waals surface area (Å²) in [6, 6.07) is -0.00988. The van der Waals surface area contributed by atoms with E-state index in [1.807, 2.05) is 0 Å². The minimum Gasteiger partial charge on any atom is -0.469 e. The van der Waals surface area contributed by atoms with Crippen LogP contribution in [0.5, 0.6) is 0 Å². The Kier molecular flexibility index (Phi) is 7.09. The lowest BCUT2D eigenvalue weighted by Crippen LogP contribution is -2.49. The van der Waals surface area contributed by atoms with Crippen molar-refractivity contribution in [1.82, 2.24) is 9.03 Å². The molecule has 1 fully saturated rings. The zero-order valence-corrected chi connectivity index (χ0v) is 14.3. The first kappa shape index (κ1) is 18.4. The van der Waals surface area contributed by atoms with Crippen molar-refractivity contribution in [2.75, 3.05) is 20.7 Å². The van der Waals surface area contributed by atoms with Crippen LogP contribution in [0.3, 0.4) is 0 Å². The predicted molar refractivity (Wildman–Crippen MR) is 81.9 cm³/mol. The Morgan fingerprint density at radius 2 is 1.95 bits per heavy atom. The van der Waals surface area contributed by atoms with Crippen molar-refractivity contribution < 1.29 is 17.9 Å². The van der Waals surface area contributed by atoms with E-state index in [1.54, 1.807) is 0 Å². The van der Waals surface area contributed by atoms with Gasteiger partial charge in [-0.3, -0.25) is 4.79 Å². The van der Waals surface area contributed by atoms with Crippen LogP contribution in [0.2, 0.25) is 0 Å². The summed E-state index contributed by atoms with van der Waals surface area (Å²) in [4.78, 5) is 11.1. The van der Waals surface area contributed by atoms with E-state index in [1.165, 1.54) is 24.9 Å². The fourth-order valence-electron chi connectivity index (χ4n) is 2.86. The van der Waals surface area contributed by atoms with E-state index < -0.39 is 16.2 Å². The molecule has 1 saturated carbocycles. The van der Waals surface area contributed by atoms with E-state index in [-0.39, 0.29) is 19.0 Å².